The molecule has 1 rings (SSSR count). The molecule has 0 unspecified atom stereocenters. The molecule has 2 N–H and O–H groups in total. The van der Waals surface area contributed by atoms with Crippen LogP contribution in [-0.4, -0.2) is 25.3 Å². The van der Waals surface area contributed by atoms with E-state index in [0.29, 0.717) is 24.7 Å². The zero-order valence-electron chi connectivity index (χ0n) is 11.4. The average Bonchev–Trinajstić information content (AvgIpc) is 2.37. The number of nitrogens with one attached hydrogen (secondary N) is 2. The second kappa shape index (κ2) is 8.77. The number of benzene rings is 1. The van der Waals surface area contributed by atoms with Crippen molar-refractivity contribution in [3.05, 3.63) is 34.9 Å². The molecule has 0 radical (unpaired) electrons. The first-order valence-electron chi connectivity index (χ1n) is 6.46. The van der Waals surface area contributed by atoms with Crippen molar-refractivity contribution < 1.29 is 9.53 Å². The maximum absolute atomic E-state index is 11.5. The summed E-state index contributed by atoms with van der Waals surface area (Å²) in [5, 5.41) is 6.20. The van der Waals surface area contributed by atoms with Crippen LogP contribution in [0.15, 0.2) is 24.3 Å². The maximum atomic E-state index is 11.5. The van der Waals surface area contributed by atoms with Crippen LogP contribution in [0.1, 0.15) is 25.8 Å². The van der Waals surface area contributed by atoms with Crippen LogP contribution in [0.25, 0.3) is 0 Å². The van der Waals surface area contributed by atoms with Gasteiger partial charge in [0.2, 0.25) is 0 Å². The van der Waals surface area contributed by atoms with Gasteiger partial charge in [0.05, 0.1) is 6.10 Å². The fourth-order valence-electron chi connectivity index (χ4n) is 1.47. The van der Waals surface area contributed by atoms with E-state index in [9.17, 15) is 4.79 Å². The number of urea groups is 1. The van der Waals surface area contributed by atoms with Crippen LogP contribution in [0.2, 0.25) is 5.02 Å². The summed E-state index contributed by atoms with van der Waals surface area (Å²) in [5.41, 5.74) is 0.905. The standard InChI is InChI=1S/C14H21ClN2O2/c1-11(2)19-9-5-8-16-14(18)17-10-12-6-3-4-7-13(12)15/h3-4,6-7,11H,5,8-10H2,1-2H3,(H2,16,17,18). The second-order valence-electron chi connectivity index (χ2n) is 4.47. The highest BCUT2D eigenvalue weighted by Crippen LogP contribution is 2.13. The van der Waals surface area contributed by atoms with E-state index in [1.54, 1.807) is 6.07 Å². The van der Waals surface area contributed by atoms with E-state index in [4.69, 9.17) is 16.3 Å². The molecule has 2 amide bonds. The van der Waals surface area contributed by atoms with Crippen LogP contribution in [0, 0.1) is 0 Å². The smallest absolute Gasteiger partial charge is 0.315 e. The normalized spacial score (nSPS) is 10.5. The molecular formula is C14H21ClN2O2. The number of halogens is 1. The van der Waals surface area contributed by atoms with Gasteiger partial charge < -0.3 is 15.4 Å². The topological polar surface area (TPSA) is 50.4 Å². The lowest BCUT2D eigenvalue weighted by Gasteiger charge is -2.10. The molecule has 0 bridgehead atoms. The lowest BCUT2D eigenvalue weighted by atomic mass is 10.2. The first-order valence-corrected chi connectivity index (χ1v) is 6.84. The SMILES string of the molecule is CC(C)OCCCNC(=O)NCc1ccccc1Cl. The Hall–Kier alpha value is -1.26. The summed E-state index contributed by atoms with van der Waals surface area (Å²) in [6.07, 6.45) is 1.03. The number of carbonyl (C=O) groups excluding carboxylic acids is 1. The van der Waals surface area contributed by atoms with Gasteiger partial charge in [-0.2, -0.15) is 0 Å². The van der Waals surface area contributed by atoms with E-state index in [-0.39, 0.29) is 12.1 Å². The predicted molar refractivity (Wildman–Crippen MR) is 77.4 cm³/mol. The van der Waals surface area contributed by atoms with Crippen LogP contribution in [0.3, 0.4) is 0 Å². The molecule has 0 spiro atoms. The third kappa shape index (κ3) is 7.03. The fourth-order valence-corrected chi connectivity index (χ4v) is 1.68. The van der Waals surface area contributed by atoms with E-state index < -0.39 is 0 Å². The number of ether oxygens (including phenoxy) is 1. The van der Waals surface area contributed by atoms with Crippen molar-refractivity contribution in [3.63, 3.8) is 0 Å². The lowest BCUT2D eigenvalue weighted by Crippen LogP contribution is -2.36. The van der Waals surface area contributed by atoms with Gasteiger partial charge in [-0.1, -0.05) is 29.8 Å². The first-order chi connectivity index (χ1) is 9.09. The largest absolute Gasteiger partial charge is 0.379 e. The van der Waals surface area contributed by atoms with Gasteiger partial charge >= 0.3 is 6.03 Å². The molecular weight excluding hydrogens is 264 g/mol. The summed E-state index contributed by atoms with van der Waals surface area (Å²) in [6.45, 7) is 5.66. The summed E-state index contributed by atoms with van der Waals surface area (Å²) in [7, 11) is 0. The summed E-state index contributed by atoms with van der Waals surface area (Å²) in [4.78, 5) is 11.5. The molecule has 4 nitrogen and oxygen atoms in total. The Kier molecular flexibility index (Phi) is 7.30. The van der Waals surface area contributed by atoms with E-state index in [2.05, 4.69) is 10.6 Å². The Balaban J connectivity index is 2.13. The molecule has 1 aromatic carbocycles. The molecule has 5 heteroatoms. The maximum Gasteiger partial charge on any atom is 0.315 e. The van der Waals surface area contributed by atoms with Gasteiger partial charge in [-0.3, -0.25) is 0 Å². The van der Waals surface area contributed by atoms with Gasteiger partial charge in [0.15, 0.2) is 0 Å². The summed E-state index contributed by atoms with van der Waals surface area (Å²) < 4.78 is 5.38. The Labute approximate surface area is 119 Å². The molecule has 1 aromatic rings. The number of hydrogen-bond donors (Lipinski definition) is 2. The molecule has 0 saturated carbocycles. The van der Waals surface area contributed by atoms with E-state index in [1.165, 1.54) is 0 Å². The molecule has 0 fully saturated rings. The van der Waals surface area contributed by atoms with Gasteiger partial charge in [0.25, 0.3) is 0 Å². The molecule has 19 heavy (non-hydrogen) atoms. The number of amides is 2. The van der Waals surface area contributed by atoms with E-state index in [0.717, 1.165) is 12.0 Å². The van der Waals surface area contributed by atoms with Gasteiger partial charge in [-0.15, -0.1) is 0 Å². The van der Waals surface area contributed by atoms with E-state index >= 15 is 0 Å². The van der Waals surface area contributed by atoms with Crippen LogP contribution >= 0.6 is 11.6 Å². The second-order valence-corrected chi connectivity index (χ2v) is 4.88. The lowest BCUT2D eigenvalue weighted by molar-refractivity contribution is 0.0774. The van der Waals surface area contributed by atoms with Crippen molar-refractivity contribution in [1.82, 2.24) is 10.6 Å². The van der Waals surface area contributed by atoms with Gasteiger partial charge in [0.1, 0.15) is 0 Å². The molecule has 0 aliphatic heterocycles. The average molecular weight is 285 g/mol. The van der Waals surface area contributed by atoms with Crippen molar-refractivity contribution >= 4 is 17.6 Å². The molecule has 0 aromatic heterocycles. The molecule has 0 aliphatic rings. The summed E-state index contributed by atoms with van der Waals surface area (Å²) >= 11 is 5.99. The minimum atomic E-state index is -0.190. The number of carbonyl (C=O) groups is 1. The highest BCUT2D eigenvalue weighted by atomic mass is 35.5. The van der Waals surface area contributed by atoms with Crippen molar-refractivity contribution in [2.24, 2.45) is 0 Å². The number of hydrogen-bond acceptors (Lipinski definition) is 2. The summed E-state index contributed by atoms with van der Waals surface area (Å²) in [5.74, 6) is 0. The quantitative estimate of drug-likeness (QED) is 0.757. The third-order valence-corrected chi connectivity index (χ3v) is 2.82. The molecule has 0 aliphatic carbocycles. The van der Waals surface area contributed by atoms with Crippen molar-refractivity contribution in [2.45, 2.75) is 32.9 Å². The molecule has 0 atom stereocenters. The third-order valence-electron chi connectivity index (χ3n) is 2.46. The zero-order valence-corrected chi connectivity index (χ0v) is 12.2. The van der Waals surface area contributed by atoms with Crippen LogP contribution < -0.4 is 10.6 Å². The van der Waals surface area contributed by atoms with Gasteiger partial charge in [-0.05, 0) is 31.9 Å². The van der Waals surface area contributed by atoms with Crippen LogP contribution in [-0.2, 0) is 11.3 Å². The molecule has 106 valence electrons. The minimum absolute atomic E-state index is 0.190. The van der Waals surface area contributed by atoms with Gasteiger partial charge in [-0.25, -0.2) is 4.79 Å². The Morgan fingerprint density at radius 2 is 2.05 bits per heavy atom. The summed E-state index contributed by atoms with van der Waals surface area (Å²) in [6, 6.07) is 7.26. The molecule has 0 saturated heterocycles. The highest BCUT2D eigenvalue weighted by Gasteiger charge is 2.02. The number of rotatable bonds is 7. The van der Waals surface area contributed by atoms with Crippen LogP contribution in [0.4, 0.5) is 4.79 Å². The fraction of sp³-hybridized carbons (Fsp3) is 0.500. The molecule has 0 heterocycles. The van der Waals surface area contributed by atoms with Crippen LogP contribution in [0.5, 0.6) is 0 Å². The minimum Gasteiger partial charge on any atom is -0.379 e. The Morgan fingerprint density at radius 3 is 2.74 bits per heavy atom. The van der Waals surface area contributed by atoms with Gasteiger partial charge in [0, 0.05) is 24.7 Å². The monoisotopic (exact) mass is 284 g/mol. The first kappa shape index (κ1) is 15.8. The predicted octanol–water partition coefficient (Wildman–Crippen LogP) is 2.95. The Morgan fingerprint density at radius 1 is 1.32 bits per heavy atom. The Bertz CT molecular complexity index is 397. The highest BCUT2D eigenvalue weighted by molar-refractivity contribution is 6.31. The van der Waals surface area contributed by atoms with Crippen molar-refractivity contribution in [3.8, 4) is 0 Å². The zero-order chi connectivity index (χ0) is 14.1. The van der Waals surface area contributed by atoms with Crippen molar-refractivity contribution in [2.75, 3.05) is 13.2 Å². The van der Waals surface area contributed by atoms with Crippen molar-refractivity contribution in [1.29, 1.82) is 0 Å². The van der Waals surface area contributed by atoms with E-state index in [1.807, 2.05) is 32.0 Å².